The quantitative estimate of drug-likeness (QED) is 0.741. The van der Waals surface area contributed by atoms with Gasteiger partial charge >= 0.3 is 0 Å². The molecule has 3 aromatic rings. The summed E-state index contributed by atoms with van der Waals surface area (Å²) in [6.45, 7) is 5.22. The Labute approximate surface area is 168 Å². The molecule has 0 radical (unpaired) electrons. The highest BCUT2D eigenvalue weighted by molar-refractivity contribution is 5.78. The molecule has 0 saturated carbocycles. The summed E-state index contributed by atoms with van der Waals surface area (Å²) in [6.07, 6.45) is 1.72. The van der Waals surface area contributed by atoms with Gasteiger partial charge in [-0.05, 0) is 35.6 Å². The number of anilines is 1. The standard InChI is InChI=1S/C23H24FN3O2/c24-19-14-18-6-12-29-23(18)21(15-19)27-10-8-26(9-11-27)7-5-16-1-2-17-3-4-22(28)25-20(17)13-16/h1-4,13-15H,5-12H2,(H,25,28). The van der Waals surface area contributed by atoms with Gasteiger partial charge in [-0.3, -0.25) is 9.69 Å². The van der Waals surface area contributed by atoms with E-state index in [-0.39, 0.29) is 11.4 Å². The zero-order chi connectivity index (χ0) is 19.8. The van der Waals surface area contributed by atoms with E-state index in [4.69, 9.17) is 4.74 Å². The van der Waals surface area contributed by atoms with Gasteiger partial charge in [-0.15, -0.1) is 0 Å². The highest BCUT2D eigenvalue weighted by Crippen LogP contribution is 2.37. The average Bonchev–Trinajstić information content (AvgIpc) is 3.20. The van der Waals surface area contributed by atoms with E-state index in [0.717, 1.165) is 73.5 Å². The van der Waals surface area contributed by atoms with Gasteiger partial charge in [-0.2, -0.15) is 0 Å². The van der Waals surface area contributed by atoms with Crippen LogP contribution in [0.25, 0.3) is 10.9 Å². The Morgan fingerprint density at radius 3 is 2.72 bits per heavy atom. The second-order valence-corrected chi connectivity index (χ2v) is 7.83. The molecule has 0 spiro atoms. The number of aromatic nitrogens is 1. The van der Waals surface area contributed by atoms with Gasteiger partial charge in [0.05, 0.1) is 12.3 Å². The van der Waals surface area contributed by atoms with Crippen LogP contribution < -0.4 is 15.2 Å². The summed E-state index contributed by atoms with van der Waals surface area (Å²) in [4.78, 5) is 19.1. The fraction of sp³-hybridized carbons (Fsp3) is 0.348. The fourth-order valence-corrected chi connectivity index (χ4v) is 4.34. The largest absolute Gasteiger partial charge is 0.491 e. The van der Waals surface area contributed by atoms with E-state index < -0.39 is 0 Å². The van der Waals surface area contributed by atoms with Crippen molar-refractivity contribution in [1.82, 2.24) is 9.88 Å². The Balaban J connectivity index is 1.21. The second-order valence-electron chi connectivity index (χ2n) is 7.83. The Morgan fingerprint density at radius 1 is 1.03 bits per heavy atom. The lowest BCUT2D eigenvalue weighted by molar-refractivity contribution is 0.260. The Kier molecular flexibility index (Phi) is 4.72. The molecule has 1 aromatic heterocycles. The van der Waals surface area contributed by atoms with E-state index in [9.17, 15) is 9.18 Å². The third kappa shape index (κ3) is 3.72. The van der Waals surface area contributed by atoms with Crippen LogP contribution in [-0.2, 0) is 12.8 Å². The van der Waals surface area contributed by atoms with E-state index in [2.05, 4.69) is 33.0 Å². The smallest absolute Gasteiger partial charge is 0.248 e. The first-order valence-electron chi connectivity index (χ1n) is 10.2. The molecule has 5 nitrogen and oxygen atoms in total. The van der Waals surface area contributed by atoms with E-state index in [1.807, 2.05) is 6.07 Å². The molecular formula is C23H24FN3O2. The topological polar surface area (TPSA) is 48.6 Å². The van der Waals surface area contributed by atoms with E-state index in [1.165, 1.54) is 5.56 Å². The van der Waals surface area contributed by atoms with Crippen molar-refractivity contribution < 1.29 is 9.13 Å². The van der Waals surface area contributed by atoms with Gasteiger partial charge in [0.25, 0.3) is 0 Å². The molecule has 1 N–H and O–H groups in total. The van der Waals surface area contributed by atoms with Crippen LogP contribution in [0.1, 0.15) is 11.1 Å². The number of rotatable bonds is 4. The summed E-state index contributed by atoms with van der Waals surface area (Å²) < 4.78 is 19.8. The highest BCUT2D eigenvalue weighted by Gasteiger charge is 2.24. The van der Waals surface area contributed by atoms with Crippen LogP contribution >= 0.6 is 0 Å². The Morgan fingerprint density at radius 2 is 1.86 bits per heavy atom. The van der Waals surface area contributed by atoms with Crippen LogP contribution in [0.4, 0.5) is 10.1 Å². The molecule has 0 atom stereocenters. The molecule has 29 heavy (non-hydrogen) atoms. The Hall–Kier alpha value is -2.86. The molecule has 2 aliphatic heterocycles. The summed E-state index contributed by atoms with van der Waals surface area (Å²) >= 11 is 0. The number of fused-ring (bicyclic) bond motifs is 2. The van der Waals surface area contributed by atoms with Gasteiger partial charge in [-0.25, -0.2) is 4.39 Å². The van der Waals surface area contributed by atoms with Crippen molar-refractivity contribution in [2.24, 2.45) is 0 Å². The molecule has 2 aliphatic rings. The zero-order valence-corrected chi connectivity index (χ0v) is 16.3. The summed E-state index contributed by atoms with van der Waals surface area (Å²) in [5.41, 5.74) is 3.92. The van der Waals surface area contributed by atoms with Gasteiger partial charge in [0, 0.05) is 62.4 Å². The number of H-pyrrole nitrogens is 1. The summed E-state index contributed by atoms with van der Waals surface area (Å²) in [7, 11) is 0. The number of nitrogens with one attached hydrogen (secondary N) is 1. The van der Waals surface area contributed by atoms with Crippen molar-refractivity contribution in [3.8, 4) is 5.75 Å². The minimum absolute atomic E-state index is 0.0708. The molecule has 6 heteroatoms. The van der Waals surface area contributed by atoms with Crippen molar-refractivity contribution in [1.29, 1.82) is 0 Å². The monoisotopic (exact) mass is 393 g/mol. The van der Waals surface area contributed by atoms with Crippen molar-refractivity contribution in [2.75, 3.05) is 44.2 Å². The lowest BCUT2D eigenvalue weighted by atomic mass is 10.1. The first-order valence-corrected chi connectivity index (χ1v) is 10.2. The lowest BCUT2D eigenvalue weighted by Gasteiger charge is -2.36. The minimum Gasteiger partial charge on any atom is -0.491 e. The number of halogens is 1. The van der Waals surface area contributed by atoms with Crippen molar-refractivity contribution in [3.05, 3.63) is 69.8 Å². The van der Waals surface area contributed by atoms with Crippen LogP contribution in [0.2, 0.25) is 0 Å². The van der Waals surface area contributed by atoms with Crippen LogP contribution in [0, 0.1) is 5.82 Å². The molecule has 0 unspecified atom stereocenters. The zero-order valence-electron chi connectivity index (χ0n) is 16.3. The first kappa shape index (κ1) is 18.2. The summed E-state index contributed by atoms with van der Waals surface area (Å²) in [6, 6.07) is 12.9. The maximum absolute atomic E-state index is 14.0. The number of nitrogens with zero attached hydrogens (tertiary/aromatic N) is 2. The first-order chi connectivity index (χ1) is 14.2. The lowest BCUT2D eigenvalue weighted by Crippen LogP contribution is -2.47. The van der Waals surface area contributed by atoms with Gasteiger partial charge in [0.2, 0.25) is 5.56 Å². The maximum Gasteiger partial charge on any atom is 0.248 e. The SMILES string of the molecule is O=c1ccc2ccc(CCN3CCN(c4cc(F)cc5c4OCC5)CC3)cc2[nH]1. The van der Waals surface area contributed by atoms with Gasteiger partial charge in [0.1, 0.15) is 11.6 Å². The molecule has 1 saturated heterocycles. The van der Waals surface area contributed by atoms with Crippen molar-refractivity contribution in [2.45, 2.75) is 12.8 Å². The number of benzene rings is 2. The number of aromatic amines is 1. The minimum atomic E-state index is -0.180. The van der Waals surface area contributed by atoms with E-state index in [1.54, 1.807) is 18.2 Å². The van der Waals surface area contributed by atoms with Gasteiger partial charge in [-0.1, -0.05) is 12.1 Å². The third-order valence-corrected chi connectivity index (χ3v) is 5.95. The van der Waals surface area contributed by atoms with Crippen LogP contribution in [0.5, 0.6) is 5.75 Å². The predicted octanol–water partition coefficient (Wildman–Crippen LogP) is 2.97. The van der Waals surface area contributed by atoms with Crippen LogP contribution in [-0.4, -0.2) is 49.2 Å². The molecule has 3 heterocycles. The predicted molar refractivity (Wildman–Crippen MR) is 113 cm³/mol. The number of hydrogen-bond donors (Lipinski definition) is 1. The summed E-state index contributed by atoms with van der Waals surface area (Å²) in [5, 5.41) is 1.05. The molecular weight excluding hydrogens is 369 g/mol. The molecule has 0 amide bonds. The third-order valence-electron chi connectivity index (χ3n) is 5.95. The van der Waals surface area contributed by atoms with E-state index >= 15 is 0 Å². The molecule has 0 bridgehead atoms. The number of piperazine rings is 1. The average molecular weight is 393 g/mol. The van der Waals surface area contributed by atoms with Gasteiger partial charge < -0.3 is 14.6 Å². The number of ether oxygens (including phenoxy) is 1. The second kappa shape index (κ2) is 7.52. The molecule has 150 valence electrons. The number of pyridine rings is 1. The maximum atomic E-state index is 14.0. The van der Waals surface area contributed by atoms with Crippen LogP contribution in [0.15, 0.2) is 47.3 Å². The molecule has 1 fully saturated rings. The van der Waals surface area contributed by atoms with E-state index in [0.29, 0.717) is 6.61 Å². The fourth-order valence-electron chi connectivity index (χ4n) is 4.34. The summed E-state index contributed by atoms with van der Waals surface area (Å²) in [5.74, 6) is 0.686. The Bertz CT molecular complexity index is 1100. The molecule has 5 rings (SSSR count). The van der Waals surface area contributed by atoms with Crippen molar-refractivity contribution in [3.63, 3.8) is 0 Å². The highest BCUT2D eigenvalue weighted by atomic mass is 19.1. The van der Waals surface area contributed by atoms with Crippen molar-refractivity contribution >= 4 is 16.6 Å². The van der Waals surface area contributed by atoms with Crippen LogP contribution in [0.3, 0.4) is 0 Å². The molecule has 0 aliphatic carbocycles. The van der Waals surface area contributed by atoms with Gasteiger partial charge in [0.15, 0.2) is 0 Å². The molecule has 2 aromatic carbocycles. The normalized spacial score (nSPS) is 16.8. The number of hydrogen-bond acceptors (Lipinski definition) is 4.